The van der Waals surface area contributed by atoms with Gasteiger partial charge in [-0.15, -0.1) is 15.3 Å². The van der Waals surface area contributed by atoms with Crippen molar-refractivity contribution in [3.63, 3.8) is 0 Å². The largest absolute Gasteiger partial charge is 0.320 e. The molecule has 7 heteroatoms. The lowest BCUT2D eigenvalue weighted by molar-refractivity contribution is 0.514. The minimum atomic E-state index is 0.811. The van der Waals surface area contributed by atoms with Gasteiger partial charge < -0.3 is 4.57 Å². The van der Waals surface area contributed by atoms with Crippen LogP contribution in [0.5, 0.6) is 0 Å². The van der Waals surface area contributed by atoms with Gasteiger partial charge in [-0.25, -0.2) is 4.68 Å². The first-order chi connectivity index (χ1) is 6.45. The van der Waals surface area contributed by atoms with Crippen LogP contribution in [0.4, 0.5) is 0 Å². The summed E-state index contributed by atoms with van der Waals surface area (Å²) in [5.41, 5.74) is 0. The third-order valence-electron chi connectivity index (χ3n) is 1.66. The second kappa shape index (κ2) is 3.74. The Morgan fingerprint density at radius 2 is 1.77 bits per heavy atom. The fourth-order valence-electron chi connectivity index (χ4n) is 1.04. The van der Waals surface area contributed by atoms with E-state index < -0.39 is 0 Å². The number of hydrogen-bond donors (Lipinski definition) is 0. The molecule has 2 rings (SSSR count). The molecule has 0 fully saturated rings. The smallest absolute Gasteiger partial charge is 0.138 e. The van der Waals surface area contributed by atoms with Crippen molar-refractivity contribution in [1.29, 1.82) is 0 Å². The highest BCUT2D eigenvalue weighted by molar-refractivity contribution is 4.59. The molecule has 13 heavy (non-hydrogen) atoms. The molecule has 2 aromatic heterocycles. The van der Waals surface area contributed by atoms with E-state index in [1.807, 2.05) is 4.57 Å². The summed E-state index contributed by atoms with van der Waals surface area (Å²) in [6, 6.07) is 0. The van der Waals surface area contributed by atoms with Crippen molar-refractivity contribution >= 4 is 0 Å². The van der Waals surface area contributed by atoms with E-state index in [4.69, 9.17) is 0 Å². The summed E-state index contributed by atoms with van der Waals surface area (Å²) in [5.74, 6) is 0. The van der Waals surface area contributed by atoms with E-state index in [0.29, 0.717) is 0 Å². The third-order valence-corrected chi connectivity index (χ3v) is 1.66. The van der Waals surface area contributed by atoms with Gasteiger partial charge in [0, 0.05) is 13.1 Å². The monoisotopic (exact) mass is 179 g/mol. The van der Waals surface area contributed by atoms with Crippen LogP contribution in [0.3, 0.4) is 0 Å². The zero-order chi connectivity index (χ0) is 8.93. The van der Waals surface area contributed by atoms with Crippen molar-refractivity contribution in [3.05, 3.63) is 19.0 Å². The quantitative estimate of drug-likeness (QED) is 0.623. The first-order valence-corrected chi connectivity index (χ1v) is 3.98. The molecule has 0 N–H and O–H groups in total. The van der Waals surface area contributed by atoms with Gasteiger partial charge in [0.15, 0.2) is 0 Å². The second-order valence-corrected chi connectivity index (χ2v) is 2.63. The van der Waals surface area contributed by atoms with Gasteiger partial charge in [-0.1, -0.05) is 0 Å². The van der Waals surface area contributed by atoms with Crippen LogP contribution in [0, 0.1) is 0 Å². The standard InChI is InChI=1S/C6H9N7/c1(2-12-4-7-8-5-12)3-13-6-9-10-11-13/h4-6H,1-3H2. The number of aryl methyl sites for hydroxylation is 2. The van der Waals surface area contributed by atoms with E-state index in [-0.39, 0.29) is 0 Å². The van der Waals surface area contributed by atoms with Gasteiger partial charge in [0.25, 0.3) is 0 Å². The van der Waals surface area contributed by atoms with Crippen LogP contribution in [-0.2, 0) is 13.1 Å². The van der Waals surface area contributed by atoms with Crippen LogP contribution in [0.25, 0.3) is 0 Å². The van der Waals surface area contributed by atoms with E-state index in [0.717, 1.165) is 19.5 Å². The van der Waals surface area contributed by atoms with Crippen LogP contribution >= 0.6 is 0 Å². The average molecular weight is 179 g/mol. The molecule has 0 aromatic carbocycles. The average Bonchev–Trinajstić information content (AvgIpc) is 2.75. The summed E-state index contributed by atoms with van der Waals surface area (Å²) in [6.45, 7) is 1.69. The fourth-order valence-corrected chi connectivity index (χ4v) is 1.04. The Hall–Kier alpha value is -1.79. The highest BCUT2D eigenvalue weighted by Crippen LogP contribution is 1.91. The predicted molar refractivity (Wildman–Crippen MR) is 42.5 cm³/mol. The lowest BCUT2D eigenvalue weighted by Crippen LogP contribution is -2.03. The van der Waals surface area contributed by atoms with Gasteiger partial charge in [-0.2, -0.15) is 0 Å². The van der Waals surface area contributed by atoms with Gasteiger partial charge >= 0.3 is 0 Å². The molecule has 68 valence electrons. The Morgan fingerprint density at radius 1 is 0.923 bits per heavy atom. The Bertz CT molecular complexity index is 290. The van der Waals surface area contributed by atoms with E-state index >= 15 is 0 Å². The molecule has 0 aliphatic rings. The van der Waals surface area contributed by atoms with Crippen LogP contribution in [0.15, 0.2) is 19.0 Å². The zero-order valence-corrected chi connectivity index (χ0v) is 6.98. The Balaban J connectivity index is 1.76. The molecule has 0 aliphatic carbocycles. The summed E-state index contributed by atoms with van der Waals surface area (Å²) < 4.78 is 3.62. The highest BCUT2D eigenvalue weighted by Gasteiger charge is 1.93. The number of rotatable bonds is 4. The van der Waals surface area contributed by atoms with Gasteiger partial charge in [0.05, 0.1) is 0 Å². The minimum Gasteiger partial charge on any atom is -0.320 e. The normalized spacial score (nSPS) is 10.5. The molecular formula is C6H9N7. The molecule has 0 saturated heterocycles. The summed E-state index contributed by atoms with van der Waals surface area (Å²) in [6.07, 6.45) is 5.95. The van der Waals surface area contributed by atoms with Gasteiger partial charge in [-0.3, -0.25) is 0 Å². The number of tetrazole rings is 1. The van der Waals surface area contributed by atoms with Crippen molar-refractivity contribution < 1.29 is 0 Å². The van der Waals surface area contributed by atoms with Gasteiger partial charge in [0.2, 0.25) is 0 Å². The van der Waals surface area contributed by atoms with Gasteiger partial charge in [-0.05, 0) is 16.8 Å². The summed E-state index contributed by atoms with van der Waals surface area (Å²) >= 11 is 0. The predicted octanol–water partition coefficient (Wildman–Crippen LogP) is -0.645. The van der Waals surface area contributed by atoms with Crippen LogP contribution in [-0.4, -0.2) is 35.0 Å². The molecule has 0 atom stereocenters. The van der Waals surface area contributed by atoms with E-state index in [1.165, 1.54) is 0 Å². The fraction of sp³-hybridized carbons (Fsp3) is 0.500. The van der Waals surface area contributed by atoms with Gasteiger partial charge in [0.1, 0.15) is 19.0 Å². The Labute approximate surface area is 74.4 Å². The third kappa shape index (κ3) is 2.08. The van der Waals surface area contributed by atoms with E-state index in [9.17, 15) is 0 Å². The molecule has 0 unspecified atom stereocenters. The lowest BCUT2D eigenvalue weighted by atomic mass is 10.4. The molecule has 2 heterocycles. The van der Waals surface area contributed by atoms with Crippen molar-refractivity contribution in [1.82, 2.24) is 35.0 Å². The molecule has 0 aliphatic heterocycles. The molecule has 0 saturated carbocycles. The second-order valence-electron chi connectivity index (χ2n) is 2.63. The Kier molecular flexibility index (Phi) is 2.26. The van der Waals surface area contributed by atoms with Crippen LogP contribution in [0.1, 0.15) is 6.42 Å². The van der Waals surface area contributed by atoms with E-state index in [1.54, 1.807) is 23.7 Å². The molecule has 0 amide bonds. The number of nitrogens with zero attached hydrogens (tertiary/aromatic N) is 7. The van der Waals surface area contributed by atoms with Crippen LogP contribution in [0.2, 0.25) is 0 Å². The summed E-state index contributed by atoms with van der Waals surface area (Å²) in [5, 5.41) is 18.2. The molecule has 7 nitrogen and oxygen atoms in total. The first-order valence-electron chi connectivity index (χ1n) is 3.98. The minimum absolute atomic E-state index is 0.811. The molecule has 0 bridgehead atoms. The van der Waals surface area contributed by atoms with Crippen LogP contribution < -0.4 is 0 Å². The highest BCUT2D eigenvalue weighted by atomic mass is 15.5. The zero-order valence-electron chi connectivity index (χ0n) is 6.98. The molecule has 0 radical (unpaired) electrons. The topological polar surface area (TPSA) is 74.3 Å². The van der Waals surface area contributed by atoms with Crippen molar-refractivity contribution in [2.45, 2.75) is 19.5 Å². The molecule has 2 aromatic rings. The molecular weight excluding hydrogens is 170 g/mol. The lowest BCUT2D eigenvalue weighted by Gasteiger charge is -1.99. The van der Waals surface area contributed by atoms with Crippen molar-refractivity contribution in [2.24, 2.45) is 0 Å². The maximum absolute atomic E-state index is 3.75. The maximum Gasteiger partial charge on any atom is 0.138 e. The SMILES string of the molecule is c1nncn1CCCn1cnnn1. The number of aromatic nitrogens is 7. The summed E-state index contributed by atoms with van der Waals surface area (Å²) in [4.78, 5) is 0. The van der Waals surface area contributed by atoms with E-state index in [2.05, 4.69) is 25.7 Å². The first kappa shape index (κ1) is 7.84. The molecule has 0 spiro atoms. The number of hydrogen-bond acceptors (Lipinski definition) is 5. The maximum atomic E-state index is 3.75. The van der Waals surface area contributed by atoms with Crippen molar-refractivity contribution in [2.75, 3.05) is 0 Å². The Morgan fingerprint density at radius 3 is 2.46 bits per heavy atom. The summed E-state index contributed by atoms with van der Waals surface area (Å²) in [7, 11) is 0. The van der Waals surface area contributed by atoms with Crippen molar-refractivity contribution in [3.8, 4) is 0 Å².